The summed E-state index contributed by atoms with van der Waals surface area (Å²) in [5.74, 6) is 0.0750. The van der Waals surface area contributed by atoms with Crippen LogP contribution in [-0.2, 0) is 4.79 Å². The molecule has 0 saturated heterocycles. The van der Waals surface area contributed by atoms with Crippen molar-refractivity contribution in [3.63, 3.8) is 0 Å². The van der Waals surface area contributed by atoms with Gasteiger partial charge in [0.25, 0.3) is 0 Å². The average molecular weight is 228 g/mol. The third kappa shape index (κ3) is 2.61. The predicted octanol–water partition coefficient (Wildman–Crippen LogP) is 3.22. The molecular formula is C14H16N2O. The molecule has 0 spiro atoms. The van der Waals surface area contributed by atoms with Crippen LogP contribution < -0.4 is 5.32 Å². The van der Waals surface area contributed by atoms with Crippen LogP contribution in [0.15, 0.2) is 36.5 Å². The average Bonchev–Trinajstić information content (AvgIpc) is 2.37. The summed E-state index contributed by atoms with van der Waals surface area (Å²) < 4.78 is 0. The number of rotatable bonds is 3. The molecule has 0 bridgehead atoms. The van der Waals surface area contributed by atoms with Crippen LogP contribution in [0.2, 0.25) is 0 Å². The molecule has 1 aromatic heterocycles. The molecule has 0 radical (unpaired) electrons. The lowest BCUT2D eigenvalue weighted by atomic mass is 10.1. The van der Waals surface area contributed by atoms with Crippen LogP contribution in [-0.4, -0.2) is 10.9 Å². The lowest BCUT2D eigenvalue weighted by Gasteiger charge is -2.10. The maximum absolute atomic E-state index is 11.7. The van der Waals surface area contributed by atoms with Crippen molar-refractivity contribution < 1.29 is 4.79 Å². The van der Waals surface area contributed by atoms with E-state index >= 15 is 0 Å². The molecule has 0 aliphatic rings. The molecule has 1 amide bonds. The van der Waals surface area contributed by atoms with E-state index < -0.39 is 0 Å². The maximum Gasteiger partial charge on any atom is 0.227 e. The van der Waals surface area contributed by atoms with E-state index in [2.05, 4.69) is 10.3 Å². The molecule has 1 unspecified atom stereocenters. The highest BCUT2D eigenvalue weighted by molar-refractivity contribution is 5.94. The molecule has 3 nitrogen and oxygen atoms in total. The number of anilines is 1. The van der Waals surface area contributed by atoms with Gasteiger partial charge in [0, 0.05) is 11.3 Å². The minimum Gasteiger partial charge on any atom is -0.324 e. The number of carbonyl (C=O) groups excluding carboxylic acids is 1. The summed E-state index contributed by atoms with van der Waals surface area (Å²) in [7, 11) is 0. The van der Waals surface area contributed by atoms with Gasteiger partial charge in [-0.05, 0) is 18.6 Å². The minimum atomic E-state index is 0.0291. The molecule has 0 saturated carbocycles. The van der Waals surface area contributed by atoms with Crippen molar-refractivity contribution in [3.05, 3.63) is 36.5 Å². The second-order valence-electron chi connectivity index (χ2n) is 4.22. The summed E-state index contributed by atoms with van der Waals surface area (Å²) in [6, 6.07) is 9.80. The Bertz CT molecular complexity index is 536. The van der Waals surface area contributed by atoms with Gasteiger partial charge in [0.2, 0.25) is 5.91 Å². The first kappa shape index (κ1) is 11.6. The van der Waals surface area contributed by atoms with Crippen LogP contribution >= 0.6 is 0 Å². The Hall–Kier alpha value is -1.90. The van der Waals surface area contributed by atoms with E-state index in [0.29, 0.717) is 0 Å². The van der Waals surface area contributed by atoms with Crippen molar-refractivity contribution >= 4 is 22.5 Å². The lowest BCUT2D eigenvalue weighted by Crippen LogP contribution is -2.19. The molecule has 0 aliphatic carbocycles. The SMILES string of the molecule is CCC(C)C(=O)Nc1cnc2ccccc2c1. The molecule has 1 N–H and O–H groups in total. The van der Waals surface area contributed by atoms with Gasteiger partial charge in [-0.25, -0.2) is 0 Å². The van der Waals surface area contributed by atoms with Gasteiger partial charge >= 0.3 is 0 Å². The topological polar surface area (TPSA) is 42.0 Å². The molecule has 1 atom stereocenters. The summed E-state index contributed by atoms with van der Waals surface area (Å²) in [6.07, 6.45) is 2.54. The van der Waals surface area contributed by atoms with E-state index in [1.807, 2.05) is 44.2 Å². The molecule has 1 aromatic carbocycles. The summed E-state index contributed by atoms with van der Waals surface area (Å²) in [5, 5.41) is 3.92. The Morgan fingerprint density at radius 3 is 2.94 bits per heavy atom. The third-order valence-electron chi connectivity index (χ3n) is 2.92. The van der Waals surface area contributed by atoms with Crippen LogP contribution in [0, 0.1) is 5.92 Å². The molecule has 0 fully saturated rings. The predicted molar refractivity (Wildman–Crippen MR) is 69.8 cm³/mol. The minimum absolute atomic E-state index is 0.0291. The van der Waals surface area contributed by atoms with Gasteiger partial charge in [-0.15, -0.1) is 0 Å². The number of hydrogen-bond donors (Lipinski definition) is 1. The van der Waals surface area contributed by atoms with E-state index in [-0.39, 0.29) is 11.8 Å². The van der Waals surface area contributed by atoms with E-state index in [1.165, 1.54) is 0 Å². The number of para-hydroxylation sites is 1. The van der Waals surface area contributed by atoms with Gasteiger partial charge in [-0.3, -0.25) is 9.78 Å². The summed E-state index contributed by atoms with van der Waals surface area (Å²) >= 11 is 0. The van der Waals surface area contributed by atoms with E-state index in [4.69, 9.17) is 0 Å². The Balaban J connectivity index is 2.22. The summed E-state index contributed by atoms with van der Waals surface area (Å²) in [4.78, 5) is 16.0. The first-order chi connectivity index (χ1) is 8.20. The van der Waals surface area contributed by atoms with E-state index in [1.54, 1.807) is 6.20 Å². The molecule has 17 heavy (non-hydrogen) atoms. The molecule has 3 heteroatoms. The molecule has 88 valence electrons. The fourth-order valence-electron chi connectivity index (χ4n) is 1.59. The van der Waals surface area contributed by atoms with Crippen molar-refractivity contribution in [1.82, 2.24) is 4.98 Å². The van der Waals surface area contributed by atoms with Crippen molar-refractivity contribution in [3.8, 4) is 0 Å². The van der Waals surface area contributed by atoms with E-state index in [0.717, 1.165) is 23.0 Å². The van der Waals surface area contributed by atoms with Crippen molar-refractivity contribution in [1.29, 1.82) is 0 Å². The van der Waals surface area contributed by atoms with Crippen LogP contribution in [0.4, 0.5) is 5.69 Å². The zero-order valence-electron chi connectivity index (χ0n) is 10.1. The van der Waals surface area contributed by atoms with Gasteiger partial charge in [0.1, 0.15) is 0 Å². The quantitative estimate of drug-likeness (QED) is 0.876. The highest BCUT2D eigenvalue weighted by atomic mass is 16.1. The first-order valence-electron chi connectivity index (χ1n) is 5.86. The Morgan fingerprint density at radius 2 is 2.18 bits per heavy atom. The van der Waals surface area contributed by atoms with Crippen LogP contribution in [0.25, 0.3) is 10.9 Å². The lowest BCUT2D eigenvalue weighted by molar-refractivity contribution is -0.119. The van der Waals surface area contributed by atoms with Crippen molar-refractivity contribution in [2.75, 3.05) is 5.32 Å². The van der Waals surface area contributed by atoms with Crippen LogP contribution in [0.5, 0.6) is 0 Å². The standard InChI is InChI=1S/C14H16N2O/c1-3-10(2)14(17)16-12-8-11-6-4-5-7-13(11)15-9-12/h4-10H,3H2,1-2H3,(H,16,17). The first-order valence-corrected chi connectivity index (χ1v) is 5.86. The Morgan fingerprint density at radius 1 is 1.41 bits per heavy atom. The van der Waals surface area contributed by atoms with E-state index in [9.17, 15) is 4.79 Å². The number of nitrogens with one attached hydrogen (secondary N) is 1. The second-order valence-corrected chi connectivity index (χ2v) is 4.22. The molecule has 1 heterocycles. The van der Waals surface area contributed by atoms with Gasteiger partial charge in [-0.1, -0.05) is 32.0 Å². The third-order valence-corrected chi connectivity index (χ3v) is 2.92. The van der Waals surface area contributed by atoms with Crippen molar-refractivity contribution in [2.24, 2.45) is 5.92 Å². The fourth-order valence-corrected chi connectivity index (χ4v) is 1.59. The number of pyridine rings is 1. The fraction of sp³-hybridized carbons (Fsp3) is 0.286. The number of carbonyl (C=O) groups is 1. The number of nitrogens with zero attached hydrogens (tertiary/aromatic N) is 1. The van der Waals surface area contributed by atoms with Crippen LogP contribution in [0.3, 0.4) is 0 Å². The normalized spacial score (nSPS) is 12.4. The molecular weight excluding hydrogens is 212 g/mol. The molecule has 2 aromatic rings. The number of benzene rings is 1. The summed E-state index contributed by atoms with van der Waals surface area (Å²) in [5.41, 5.74) is 1.70. The highest BCUT2D eigenvalue weighted by Gasteiger charge is 2.10. The zero-order chi connectivity index (χ0) is 12.3. The molecule has 0 aliphatic heterocycles. The van der Waals surface area contributed by atoms with Crippen molar-refractivity contribution in [2.45, 2.75) is 20.3 Å². The highest BCUT2D eigenvalue weighted by Crippen LogP contribution is 2.16. The molecule has 2 rings (SSSR count). The number of fused-ring (bicyclic) bond motifs is 1. The maximum atomic E-state index is 11.7. The van der Waals surface area contributed by atoms with Gasteiger partial charge in [-0.2, -0.15) is 0 Å². The van der Waals surface area contributed by atoms with Crippen LogP contribution in [0.1, 0.15) is 20.3 Å². The Kier molecular flexibility index (Phi) is 3.38. The number of aromatic nitrogens is 1. The number of hydrogen-bond acceptors (Lipinski definition) is 2. The smallest absolute Gasteiger partial charge is 0.227 e. The zero-order valence-corrected chi connectivity index (χ0v) is 10.1. The monoisotopic (exact) mass is 228 g/mol. The van der Waals surface area contributed by atoms with Gasteiger partial charge in [0.15, 0.2) is 0 Å². The Labute approximate surface area is 101 Å². The summed E-state index contributed by atoms with van der Waals surface area (Å²) in [6.45, 7) is 3.92. The van der Waals surface area contributed by atoms with Gasteiger partial charge < -0.3 is 5.32 Å². The largest absolute Gasteiger partial charge is 0.324 e. The second kappa shape index (κ2) is 4.95. The van der Waals surface area contributed by atoms with Gasteiger partial charge in [0.05, 0.1) is 17.4 Å². The number of amides is 1.